The average Bonchev–Trinajstić information content (AvgIpc) is 2.84. The van der Waals surface area contributed by atoms with Gasteiger partial charge in [0.25, 0.3) is 0 Å². The Bertz CT molecular complexity index is 455. The summed E-state index contributed by atoms with van der Waals surface area (Å²) in [6.07, 6.45) is 8.48. The molecule has 1 rings (SSSR count). The van der Waals surface area contributed by atoms with Crippen LogP contribution in [-0.2, 0) is 19.1 Å². The number of allylic oxidation sites excluding steroid dienone is 1. The average molecular weight is 294 g/mol. The molecule has 0 saturated carbocycles. The molecule has 1 heterocycles. The van der Waals surface area contributed by atoms with E-state index in [1.54, 1.807) is 12.3 Å². The molecule has 21 heavy (non-hydrogen) atoms. The number of cyclic esters (lactones) is 1. The van der Waals surface area contributed by atoms with Gasteiger partial charge in [-0.1, -0.05) is 25.8 Å². The van der Waals surface area contributed by atoms with Gasteiger partial charge in [-0.05, 0) is 18.9 Å². The van der Waals surface area contributed by atoms with Gasteiger partial charge in [0.15, 0.2) is 0 Å². The number of nitrogens with zero attached hydrogens (tertiary/aromatic N) is 1. The fourth-order valence-corrected chi connectivity index (χ4v) is 1.81. The van der Waals surface area contributed by atoms with Gasteiger partial charge in [-0.15, -0.1) is 0 Å². The normalized spacial score (nSPS) is 14.0. The monoisotopic (exact) mass is 294 g/mol. The van der Waals surface area contributed by atoms with Gasteiger partial charge in [0.1, 0.15) is 6.61 Å². The van der Waals surface area contributed by atoms with Gasteiger partial charge in [-0.3, -0.25) is 15.0 Å². The van der Waals surface area contributed by atoms with Crippen LogP contribution in [0.3, 0.4) is 0 Å². The van der Waals surface area contributed by atoms with Crippen molar-refractivity contribution >= 4 is 17.8 Å². The fraction of sp³-hybridized carbons (Fsp3) is 0.533. The van der Waals surface area contributed by atoms with Crippen LogP contribution in [0.2, 0.25) is 0 Å². The third-order valence-corrected chi connectivity index (χ3v) is 2.94. The summed E-state index contributed by atoms with van der Waals surface area (Å²) in [5, 5.41) is 1.18. The minimum atomic E-state index is -0.368. The van der Waals surface area contributed by atoms with Crippen LogP contribution in [0.25, 0.3) is 0 Å². The molecule has 0 unspecified atom stereocenters. The molecule has 0 aliphatic carbocycles. The number of ether oxygens (including phenoxy) is 1. The van der Waals surface area contributed by atoms with Crippen LogP contribution >= 0.6 is 0 Å². The summed E-state index contributed by atoms with van der Waals surface area (Å²) in [4.78, 5) is 34.5. The molecular weight excluding hydrogens is 272 g/mol. The number of hydrazine groups is 1. The van der Waals surface area contributed by atoms with E-state index < -0.39 is 0 Å². The minimum absolute atomic E-state index is 0.138. The molecule has 1 aliphatic heterocycles. The smallest absolute Gasteiger partial charge is 0.334 e. The van der Waals surface area contributed by atoms with E-state index in [0.29, 0.717) is 12.0 Å². The summed E-state index contributed by atoms with van der Waals surface area (Å²) in [6, 6.07) is 0. The van der Waals surface area contributed by atoms with E-state index in [9.17, 15) is 14.4 Å². The summed E-state index contributed by atoms with van der Waals surface area (Å²) in [5.41, 5.74) is 2.98. The van der Waals surface area contributed by atoms with Crippen molar-refractivity contribution in [2.24, 2.45) is 0 Å². The van der Waals surface area contributed by atoms with Gasteiger partial charge in [-0.25, -0.2) is 9.80 Å². The zero-order chi connectivity index (χ0) is 15.7. The molecule has 0 aromatic carbocycles. The van der Waals surface area contributed by atoms with E-state index >= 15 is 0 Å². The Balaban J connectivity index is 2.51. The topological polar surface area (TPSA) is 75.7 Å². The quantitative estimate of drug-likeness (QED) is 0.441. The largest absolute Gasteiger partial charge is 0.458 e. The maximum absolute atomic E-state index is 12.1. The highest BCUT2D eigenvalue weighted by Gasteiger charge is 2.19. The lowest BCUT2D eigenvalue weighted by atomic mass is 10.1. The van der Waals surface area contributed by atoms with Gasteiger partial charge in [0.05, 0.1) is 0 Å². The number of hydrogen-bond donors (Lipinski definition) is 1. The van der Waals surface area contributed by atoms with E-state index in [-0.39, 0.29) is 30.8 Å². The van der Waals surface area contributed by atoms with E-state index in [1.807, 2.05) is 6.08 Å². The van der Waals surface area contributed by atoms with Gasteiger partial charge >= 0.3 is 5.97 Å². The highest BCUT2D eigenvalue weighted by molar-refractivity contribution is 5.91. The molecule has 0 saturated heterocycles. The Labute approximate surface area is 124 Å². The Hall–Kier alpha value is -2.11. The molecule has 0 aromatic rings. The number of hydrogen-bond acceptors (Lipinski definition) is 4. The summed E-state index contributed by atoms with van der Waals surface area (Å²) < 4.78 is 4.77. The first-order valence-electron chi connectivity index (χ1n) is 7.16. The van der Waals surface area contributed by atoms with Crippen molar-refractivity contribution in [1.82, 2.24) is 10.4 Å². The fourth-order valence-electron chi connectivity index (χ4n) is 1.81. The number of rotatable bonds is 7. The molecule has 0 bridgehead atoms. The molecule has 0 atom stereocenters. The van der Waals surface area contributed by atoms with E-state index in [4.69, 9.17) is 4.74 Å². The predicted molar refractivity (Wildman–Crippen MR) is 77.6 cm³/mol. The highest BCUT2D eigenvalue weighted by atomic mass is 16.5. The van der Waals surface area contributed by atoms with Crippen LogP contribution in [0.5, 0.6) is 0 Å². The molecule has 0 aromatic heterocycles. The molecule has 6 heteroatoms. The van der Waals surface area contributed by atoms with Crippen molar-refractivity contribution in [1.29, 1.82) is 0 Å². The van der Waals surface area contributed by atoms with Crippen molar-refractivity contribution < 1.29 is 19.1 Å². The standard InChI is InChI=1S/C15H22N2O4/c1-3-4-5-6-10-17(16-12(2)18)14(19)8-7-13-9-11-21-15(13)20/h6,9-10H,3-5,7-8,11H2,1-2H3,(H,16,18). The number of esters is 1. The highest BCUT2D eigenvalue weighted by Crippen LogP contribution is 2.14. The molecular formula is C15H22N2O4. The summed E-state index contributed by atoms with van der Waals surface area (Å²) >= 11 is 0. The van der Waals surface area contributed by atoms with Gasteiger partial charge < -0.3 is 4.74 Å². The third-order valence-electron chi connectivity index (χ3n) is 2.94. The first-order valence-corrected chi connectivity index (χ1v) is 7.16. The molecule has 116 valence electrons. The molecule has 2 amide bonds. The van der Waals surface area contributed by atoms with Gasteiger partial charge in [-0.2, -0.15) is 0 Å². The van der Waals surface area contributed by atoms with E-state index in [2.05, 4.69) is 12.3 Å². The second-order valence-electron chi connectivity index (χ2n) is 4.79. The molecule has 1 aliphatic rings. The van der Waals surface area contributed by atoms with Crippen molar-refractivity contribution in [3.63, 3.8) is 0 Å². The Morgan fingerprint density at radius 1 is 1.48 bits per heavy atom. The maximum atomic E-state index is 12.1. The molecule has 0 radical (unpaired) electrons. The number of amides is 2. The van der Waals surface area contributed by atoms with Crippen molar-refractivity contribution in [3.05, 3.63) is 23.9 Å². The molecule has 0 fully saturated rings. The van der Waals surface area contributed by atoms with Crippen molar-refractivity contribution in [2.75, 3.05) is 6.61 Å². The lowest BCUT2D eigenvalue weighted by Gasteiger charge is -2.18. The molecule has 6 nitrogen and oxygen atoms in total. The van der Waals surface area contributed by atoms with Crippen LogP contribution in [0.1, 0.15) is 46.0 Å². The van der Waals surface area contributed by atoms with Crippen LogP contribution in [0.15, 0.2) is 23.9 Å². The van der Waals surface area contributed by atoms with Crippen LogP contribution in [0.4, 0.5) is 0 Å². The Morgan fingerprint density at radius 2 is 2.24 bits per heavy atom. The zero-order valence-electron chi connectivity index (χ0n) is 12.6. The first kappa shape index (κ1) is 16.9. The Morgan fingerprint density at radius 3 is 2.81 bits per heavy atom. The van der Waals surface area contributed by atoms with Gasteiger partial charge in [0, 0.05) is 25.1 Å². The SMILES string of the molecule is CCCCC=CN(NC(C)=O)C(=O)CCC1=CCOC1=O. The maximum Gasteiger partial charge on any atom is 0.334 e. The minimum Gasteiger partial charge on any atom is -0.458 e. The zero-order valence-corrected chi connectivity index (χ0v) is 12.6. The number of carbonyl (C=O) groups is 3. The number of unbranched alkanes of at least 4 members (excludes halogenated alkanes) is 2. The van der Waals surface area contributed by atoms with Crippen LogP contribution in [0, 0.1) is 0 Å². The first-order chi connectivity index (χ1) is 10.0. The lowest BCUT2D eigenvalue weighted by molar-refractivity contribution is -0.138. The molecule has 0 spiro atoms. The molecule has 1 N–H and O–H groups in total. The summed E-state index contributed by atoms with van der Waals surface area (Å²) in [6.45, 7) is 3.70. The summed E-state index contributed by atoms with van der Waals surface area (Å²) in [5.74, 6) is -0.950. The predicted octanol–water partition coefficient (Wildman–Crippen LogP) is 1.83. The van der Waals surface area contributed by atoms with E-state index in [1.165, 1.54) is 11.9 Å². The Kier molecular flexibility index (Phi) is 7.21. The van der Waals surface area contributed by atoms with E-state index in [0.717, 1.165) is 19.3 Å². The third kappa shape index (κ3) is 6.25. The van der Waals surface area contributed by atoms with Crippen LogP contribution < -0.4 is 5.43 Å². The van der Waals surface area contributed by atoms with Crippen LogP contribution in [-0.4, -0.2) is 29.4 Å². The second-order valence-corrected chi connectivity index (χ2v) is 4.79. The summed E-state index contributed by atoms with van der Waals surface area (Å²) in [7, 11) is 0. The second kappa shape index (κ2) is 8.94. The lowest BCUT2D eigenvalue weighted by Crippen LogP contribution is -2.41. The van der Waals surface area contributed by atoms with Crippen molar-refractivity contribution in [2.45, 2.75) is 46.0 Å². The number of nitrogens with one attached hydrogen (secondary N) is 1. The van der Waals surface area contributed by atoms with Gasteiger partial charge in [0.2, 0.25) is 11.8 Å². The van der Waals surface area contributed by atoms with Crippen molar-refractivity contribution in [3.8, 4) is 0 Å². The number of carbonyl (C=O) groups excluding carboxylic acids is 3.